The van der Waals surface area contributed by atoms with Gasteiger partial charge in [-0.25, -0.2) is 0 Å². The van der Waals surface area contributed by atoms with Crippen LogP contribution in [-0.4, -0.2) is 17.4 Å². The molecule has 0 radical (unpaired) electrons. The van der Waals surface area contributed by atoms with Crippen LogP contribution in [0.5, 0.6) is 0 Å². The van der Waals surface area contributed by atoms with E-state index in [1.54, 1.807) is 0 Å². The molecule has 5 heteroatoms. The van der Waals surface area contributed by atoms with Gasteiger partial charge in [0.05, 0.1) is 0 Å². The molecular weight excluding hydrogens is 188 g/mol. The molecule has 0 heterocycles. The molecular formula is H4AlClK2Ti. The maximum Gasteiger partial charge on any atom is 1.00 e. The van der Waals surface area contributed by atoms with Crippen LogP contribution in [0.15, 0.2) is 0 Å². The van der Waals surface area contributed by atoms with Gasteiger partial charge in [0.2, 0.25) is 0 Å². The molecule has 20 valence electrons. The van der Waals surface area contributed by atoms with Gasteiger partial charge in [0.15, 0.2) is 17.4 Å². The second kappa shape index (κ2) is 23.2. The maximum absolute atomic E-state index is 0. The Morgan fingerprint density at radius 2 is 1.00 bits per heavy atom. The Hall–Kier alpha value is 4.81. The zero-order valence-corrected chi connectivity index (χ0v) is 11.4. The molecule has 0 bridgehead atoms. The summed E-state index contributed by atoms with van der Waals surface area (Å²) < 4.78 is 0. The normalized spacial score (nSPS) is 0. The fourth-order valence-electron chi connectivity index (χ4n) is 0. The fourth-order valence-corrected chi connectivity index (χ4v) is 0. The van der Waals surface area contributed by atoms with Gasteiger partial charge in [-0.15, -0.1) is 0 Å². The van der Waals surface area contributed by atoms with Gasteiger partial charge in [0.1, 0.15) is 0 Å². The van der Waals surface area contributed by atoms with Crippen molar-refractivity contribution in [3.8, 4) is 0 Å². The Kier molecular flexibility index (Phi) is 153. The van der Waals surface area contributed by atoms with Crippen LogP contribution in [-0.2, 0) is 21.7 Å². The first kappa shape index (κ1) is 32.9. The molecule has 0 fully saturated rings. The molecule has 0 aromatic heterocycles. The Bertz CT molecular complexity index is 13.5. The standard InChI is InChI=1S/Al.ClH.2K.Ti.4H/h;1H;;;;;;;/q;;2*+1;;;;;-1/p-1. The number of rotatable bonds is 0. The van der Waals surface area contributed by atoms with Crippen molar-refractivity contribution < 1.29 is 138 Å². The summed E-state index contributed by atoms with van der Waals surface area (Å²) in [5.74, 6) is 0. The average molecular weight is 193 g/mol. The van der Waals surface area contributed by atoms with Gasteiger partial charge in [-0.05, 0) is 0 Å². The van der Waals surface area contributed by atoms with E-state index in [0.29, 0.717) is 0 Å². The van der Waals surface area contributed by atoms with E-state index in [-0.39, 0.29) is 156 Å². The van der Waals surface area contributed by atoms with Gasteiger partial charge in [-0.2, -0.15) is 0 Å². The minimum Gasteiger partial charge on any atom is -1.00 e. The predicted octanol–water partition coefficient (Wildman–Crippen LogP) is -10.1. The summed E-state index contributed by atoms with van der Waals surface area (Å²) in [4.78, 5) is 0. The minimum absolute atomic E-state index is 0. The van der Waals surface area contributed by atoms with Crippen molar-refractivity contribution >= 4 is 17.4 Å². The van der Waals surface area contributed by atoms with Crippen LogP contribution in [0, 0.1) is 0 Å². The van der Waals surface area contributed by atoms with Crippen LogP contribution in [0.25, 0.3) is 0 Å². The van der Waals surface area contributed by atoms with Crippen molar-refractivity contribution in [2.75, 3.05) is 0 Å². The van der Waals surface area contributed by atoms with Crippen molar-refractivity contribution in [3.63, 3.8) is 0 Å². The van der Waals surface area contributed by atoms with E-state index in [1.165, 1.54) is 0 Å². The first-order chi connectivity index (χ1) is 0. The summed E-state index contributed by atoms with van der Waals surface area (Å²) in [5.41, 5.74) is 0. The number of halogens is 1. The van der Waals surface area contributed by atoms with E-state index >= 15 is 0 Å². The SMILES string of the molecule is [AlH3].[Cl-].[H-].[K+].[K+].[Ti]. The van der Waals surface area contributed by atoms with Crippen molar-refractivity contribution in [2.24, 2.45) is 0 Å². The van der Waals surface area contributed by atoms with Crippen molar-refractivity contribution in [1.82, 2.24) is 0 Å². The van der Waals surface area contributed by atoms with E-state index in [9.17, 15) is 0 Å². The minimum atomic E-state index is 0. The van der Waals surface area contributed by atoms with Gasteiger partial charge in [0.25, 0.3) is 0 Å². The summed E-state index contributed by atoms with van der Waals surface area (Å²) in [5, 5.41) is 0. The molecule has 0 aromatic rings. The maximum atomic E-state index is 0. The fraction of sp³-hybridized carbons (Fsp3) is 0. The summed E-state index contributed by atoms with van der Waals surface area (Å²) >= 11 is 0. The zero-order chi connectivity index (χ0) is 0. The molecule has 0 spiro atoms. The Morgan fingerprint density at radius 3 is 1.00 bits per heavy atom. The summed E-state index contributed by atoms with van der Waals surface area (Å²) in [7, 11) is 0. The van der Waals surface area contributed by atoms with E-state index in [0.717, 1.165) is 0 Å². The summed E-state index contributed by atoms with van der Waals surface area (Å²) in [6.45, 7) is 0. The first-order valence-electron chi connectivity index (χ1n) is 0. The van der Waals surface area contributed by atoms with Gasteiger partial charge in [-0.3, -0.25) is 0 Å². The third kappa shape index (κ3) is 17.7. The second-order valence-electron chi connectivity index (χ2n) is 0. The van der Waals surface area contributed by atoms with Crippen LogP contribution in [0.1, 0.15) is 1.43 Å². The number of hydrogen-bond donors (Lipinski definition) is 0. The molecule has 0 atom stereocenters. The van der Waals surface area contributed by atoms with Crippen LogP contribution >= 0.6 is 0 Å². The van der Waals surface area contributed by atoms with Gasteiger partial charge in [-0.1, -0.05) is 0 Å². The Morgan fingerprint density at radius 1 is 1.00 bits per heavy atom. The monoisotopic (exact) mass is 192 g/mol. The third-order valence-corrected chi connectivity index (χ3v) is 0. The van der Waals surface area contributed by atoms with Gasteiger partial charge in [0, 0.05) is 21.7 Å². The molecule has 0 saturated heterocycles. The molecule has 0 N–H and O–H groups in total. The topological polar surface area (TPSA) is 0 Å². The summed E-state index contributed by atoms with van der Waals surface area (Å²) in [6.07, 6.45) is 0. The van der Waals surface area contributed by atoms with E-state index < -0.39 is 0 Å². The molecule has 0 aromatic carbocycles. The first-order valence-corrected chi connectivity index (χ1v) is 0. The average Bonchev–Trinajstić information content (AvgIpc) is 0. The molecule has 0 aliphatic carbocycles. The summed E-state index contributed by atoms with van der Waals surface area (Å²) in [6, 6.07) is 0. The van der Waals surface area contributed by atoms with E-state index in [1.807, 2.05) is 0 Å². The van der Waals surface area contributed by atoms with Crippen molar-refractivity contribution in [1.29, 1.82) is 0 Å². The predicted molar refractivity (Wildman–Crippen MR) is 11.1 cm³/mol. The Balaban J connectivity index is 0. The zero-order valence-electron chi connectivity index (χ0n) is 3.88. The molecule has 0 amide bonds. The second-order valence-corrected chi connectivity index (χ2v) is 0. The van der Waals surface area contributed by atoms with Crippen molar-refractivity contribution in [3.05, 3.63) is 0 Å². The smallest absolute Gasteiger partial charge is 1.00 e. The molecule has 0 unspecified atom stereocenters. The van der Waals surface area contributed by atoms with Crippen molar-refractivity contribution in [2.45, 2.75) is 0 Å². The largest absolute Gasteiger partial charge is 1.00 e. The molecule has 0 aliphatic rings. The molecule has 0 saturated carbocycles. The third-order valence-electron chi connectivity index (χ3n) is 0. The van der Waals surface area contributed by atoms with Crippen LogP contribution in [0.2, 0.25) is 0 Å². The molecule has 0 rings (SSSR count). The molecule has 0 aliphatic heterocycles. The van der Waals surface area contributed by atoms with E-state index in [2.05, 4.69) is 0 Å². The van der Waals surface area contributed by atoms with E-state index in [4.69, 9.17) is 0 Å². The van der Waals surface area contributed by atoms with Crippen LogP contribution < -0.4 is 115 Å². The van der Waals surface area contributed by atoms with Crippen LogP contribution in [0.4, 0.5) is 0 Å². The van der Waals surface area contributed by atoms with Crippen LogP contribution in [0.3, 0.4) is 0 Å². The molecule has 5 heavy (non-hydrogen) atoms. The molecule has 0 nitrogen and oxygen atoms in total. The quantitative estimate of drug-likeness (QED) is 0.335. The Labute approximate surface area is 151 Å². The van der Waals surface area contributed by atoms with Gasteiger partial charge >= 0.3 is 103 Å². The van der Waals surface area contributed by atoms with Gasteiger partial charge < -0.3 is 13.8 Å². The number of hydrogen-bond acceptors (Lipinski definition) is 0.